The van der Waals surface area contributed by atoms with Crippen LogP contribution in [0.2, 0.25) is 0 Å². The minimum Gasteiger partial charge on any atom is -0.370 e. The Morgan fingerprint density at radius 1 is 0.889 bits per heavy atom. The molecule has 2 fully saturated rings. The van der Waals surface area contributed by atoms with Crippen LogP contribution in [-0.4, -0.2) is 87.8 Å². The van der Waals surface area contributed by atoms with Crippen LogP contribution in [0.25, 0.3) is 6.08 Å². The molecule has 288 valence electrons. The van der Waals surface area contributed by atoms with Crippen LogP contribution in [0.5, 0.6) is 0 Å². The number of amides is 6. The molecule has 3 aliphatic rings. The number of carbonyl (C=O) groups excluding carboxylic acids is 6. The first-order valence-electron chi connectivity index (χ1n) is 18.4. The molecule has 1 aliphatic carbocycles. The fourth-order valence-corrected chi connectivity index (χ4v) is 7.98. The molecule has 3 atom stereocenters. The van der Waals surface area contributed by atoms with Crippen LogP contribution in [-0.2, 0) is 32.1 Å². The Bertz CT molecular complexity index is 1790. The maximum absolute atomic E-state index is 14.1. The molecule has 0 bridgehead atoms. The van der Waals surface area contributed by atoms with E-state index in [1.54, 1.807) is 30.3 Å². The van der Waals surface area contributed by atoms with E-state index in [1.165, 1.54) is 9.80 Å². The Morgan fingerprint density at radius 3 is 2.24 bits per heavy atom. The first-order chi connectivity index (χ1) is 26.0. The lowest BCUT2D eigenvalue weighted by molar-refractivity contribution is -0.144. The number of nitrogens with one attached hydrogen (secondary N) is 2. The summed E-state index contributed by atoms with van der Waals surface area (Å²) in [4.78, 5) is 86.9. The van der Waals surface area contributed by atoms with E-state index in [4.69, 9.17) is 22.9 Å². The second-order valence-corrected chi connectivity index (χ2v) is 14.8. The number of hydrogen-bond donors (Lipinski definition) is 6. The summed E-state index contributed by atoms with van der Waals surface area (Å²) in [5.41, 5.74) is 25.2. The third-order valence-electron chi connectivity index (χ3n) is 9.97. The fourth-order valence-electron chi connectivity index (χ4n) is 7.08. The SMILES string of the molecule is NCCCC[C@H](NC(=O)[C@H](CCCN=C(N)N)NC(=O)c1ccc(/C=C2\SC(=O)N(C3CCCC3)C2=O)cc1)C(=O)N1Cc2ccccc2CC1C(N)=O. The number of thioether (sulfide) groups is 1. The van der Waals surface area contributed by atoms with Gasteiger partial charge in [-0.2, -0.15) is 0 Å². The summed E-state index contributed by atoms with van der Waals surface area (Å²) in [7, 11) is 0. The van der Waals surface area contributed by atoms with Crippen molar-refractivity contribution in [2.45, 2.75) is 94.9 Å². The minimum absolute atomic E-state index is 0.0623. The molecule has 2 aromatic carbocycles. The molecule has 6 amide bonds. The molecule has 10 N–H and O–H groups in total. The Kier molecular flexibility index (Phi) is 13.8. The summed E-state index contributed by atoms with van der Waals surface area (Å²) in [6.45, 7) is 0.746. The molecule has 0 spiro atoms. The Labute approximate surface area is 318 Å². The molecule has 2 aliphatic heterocycles. The standard InChI is InChI=1S/C38H49N9O6S/c39-18-6-5-12-29(35(51)46-22-26-9-2-1-8-25(26)21-30(46)32(40)48)45-34(50)28(13-7-19-43-37(41)42)44-33(49)24-16-14-23(15-17-24)20-31-36(52)47(38(53)54-31)27-10-3-4-11-27/h1-2,8-9,14-17,20,27-30H,3-7,10-13,18-19,21-22,39H2,(H2,40,48)(H,44,49)(H,45,50)(H4,41,42,43)/b31-20-/t28-,29-,30?/m0/s1. The van der Waals surface area contributed by atoms with Crippen LogP contribution >= 0.6 is 11.8 Å². The maximum Gasteiger partial charge on any atom is 0.293 e. The molecule has 1 unspecified atom stereocenters. The highest BCUT2D eigenvalue weighted by Crippen LogP contribution is 2.37. The molecule has 15 nitrogen and oxygen atoms in total. The second kappa shape index (κ2) is 18.7. The van der Waals surface area contributed by atoms with E-state index in [0.717, 1.165) is 48.6 Å². The van der Waals surface area contributed by atoms with Crippen LogP contribution < -0.4 is 33.6 Å². The predicted octanol–water partition coefficient (Wildman–Crippen LogP) is 1.87. The van der Waals surface area contributed by atoms with Crippen molar-refractivity contribution in [3.63, 3.8) is 0 Å². The van der Waals surface area contributed by atoms with Gasteiger partial charge in [-0.1, -0.05) is 49.2 Å². The van der Waals surface area contributed by atoms with Crippen molar-refractivity contribution < 1.29 is 28.8 Å². The number of guanidine groups is 1. The molecular weight excluding hydrogens is 711 g/mol. The first-order valence-corrected chi connectivity index (χ1v) is 19.2. The van der Waals surface area contributed by atoms with E-state index in [-0.39, 0.29) is 61.1 Å². The van der Waals surface area contributed by atoms with Crippen molar-refractivity contribution in [2.75, 3.05) is 13.1 Å². The van der Waals surface area contributed by atoms with E-state index in [9.17, 15) is 28.8 Å². The van der Waals surface area contributed by atoms with Crippen molar-refractivity contribution in [3.05, 3.63) is 75.7 Å². The maximum atomic E-state index is 14.1. The van der Waals surface area contributed by atoms with Crippen molar-refractivity contribution in [2.24, 2.45) is 27.9 Å². The molecule has 0 radical (unpaired) electrons. The fraction of sp³-hybridized carbons (Fsp3) is 0.447. The second-order valence-electron chi connectivity index (χ2n) is 13.8. The predicted molar refractivity (Wildman–Crippen MR) is 206 cm³/mol. The van der Waals surface area contributed by atoms with Gasteiger partial charge in [0.05, 0.1) is 4.91 Å². The molecule has 54 heavy (non-hydrogen) atoms. The van der Waals surface area contributed by atoms with Gasteiger partial charge in [0.2, 0.25) is 17.7 Å². The minimum atomic E-state index is -1.08. The number of nitrogens with two attached hydrogens (primary N) is 4. The van der Waals surface area contributed by atoms with Gasteiger partial charge in [-0.3, -0.25) is 38.7 Å². The molecule has 5 rings (SSSR count). The van der Waals surface area contributed by atoms with E-state index in [1.807, 2.05) is 24.3 Å². The van der Waals surface area contributed by atoms with Gasteiger partial charge in [-0.25, -0.2) is 0 Å². The van der Waals surface area contributed by atoms with Crippen molar-refractivity contribution in [1.82, 2.24) is 20.4 Å². The summed E-state index contributed by atoms with van der Waals surface area (Å²) in [5, 5.41) is 5.37. The Balaban J connectivity index is 1.30. The summed E-state index contributed by atoms with van der Waals surface area (Å²) in [6.07, 6.45) is 7.38. The van der Waals surface area contributed by atoms with Gasteiger partial charge in [-0.15, -0.1) is 0 Å². The zero-order valence-electron chi connectivity index (χ0n) is 30.2. The van der Waals surface area contributed by atoms with Crippen LogP contribution in [0.1, 0.15) is 84.8 Å². The van der Waals surface area contributed by atoms with Gasteiger partial charge in [0.1, 0.15) is 18.1 Å². The molecule has 0 aromatic heterocycles. The lowest BCUT2D eigenvalue weighted by atomic mass is 9.92. The van der Waals surface area contributed by atoms with Crippen LogP contribution in [0.3, 0.4) is 0 Å². The molecular formula is C38H49N9O6S. The topological polar surface area (TPSA) is 249 Å². The van der Waals surface area contributed by atoms with Crippen LogP contribution in [0, 0.1) is 0 Å². The van der Waals surface area contributed by atoms with Crippen molar-refractivity contribution >= 4 is 58.6 Å². The number of imide groups is 1. The number of aliphatic imine (C=N–C) groups is 1. The monoisotopic (exact) mass is 759 g/mol. The lowest BCUT2D eigenvalue weighted by Gasteiger charge is -2.37. The van der Waals surface area contributed by atoms with E-state index >= 15 is 0 Å². The molecule has 16 heteroatoms. The number of rotatable bonds is 16. The molecule has 2 heterocycles. The van der Waals surface area contributed by atoms with Crippen LogP contribution in [0.4, 0.5) is 4.79 Å². The van der Waals surface area contributed by atoms with Crippen molar-refractivity contribution in [1.29, 1.82) is 0 Å². The average molecular weight is 760 g/mol. The highest BCUT2D eigenvalue weighted by Gasteiger charge is 2.41. The number of hydrogen-bond acceptors (Lipinski definition) is 9. The molecule has 1 saturated heterocycles. The number of primary amides is 1. The van der Waals surface area contributed by atoms with Crippen LogP contribution in [0.15, 0.2) is 58.4 Å². The average Bonchev–Trinajstić information content (AvgIpc) is 3.78. The summed E-state index contributed by atoms with van der Waals surface area (Å²) < 4.78 is 0. The van der Waals surface area contributed by atoms with E-state index in [2.05, 4.69) is 15.6 Å². The van der Waals surface area contributed by atoms with E-state index in [0.29, 0.717) is 36.3 Å². The number of carbonyl (C=O) groups is 6. The Morgan fingerprint density at radius 2 is 1.57 bits per heavy atom. The number of nitrogens with zero attached hydrogens (tertiary/aromatic N) is 3. The smallest absolute Gasteiger partial charge is 0.293 e. The number of fused-ring (bicyclic) bond motifs is 1. The molecule has 2 aromatic rings. The normalized spacial score (nSPS) is 19.0. The highest BCUT2D eigenvalue weighted by atomic mass is 32.2. The first kappa shape index (κ1) is 40.0. The van der Waals surface area contributed by atoms with Gasteiger partial charge < -0.3 is 38.5 Å². The highest BCUT2D eigenvalue weighted by molar-refractivity contribution is 8.18. The largest absolute Gasteiger partial charge is 0.370 e. The zero-order chi connectivity index (χ0) is 38.8. The summed E-state index contributed by atoms with van der Waals surface area (Å²) >= 11 is 0.911. The van der Waals surface area contributed by atoms with Gasteiger partial charge in [0.25, 0.3) is 17.1 Å². The van der Waals surface area contributed by atoms with Crippen molar-refractivity contribution in [3.8, 4) is 0 Å². The van der Waals surface area contributed by atoms with Gasteiger partial charge in [0.15, 0.2) is 5.96 Å². The Hall–Kier alpha value is -5.22. The quantitative estimate of drug-likeness (QED) is 0.0628. The summed E-state index contributed by atoms with van der Waals surface area (Å²) in [5.74, 6) is -2.66. The summed E-state index contributed by atoms with van der Waals surface area (Å²) in [6, 6.07) is 10.9. The van der Waals surface area contributed by atoms with Gasteiger partial charge in [0, 0.05) is 31.1 Å². The zero-order valence-corrected chi connectivity index (χ0v) is 31.0. The molecule has 1 saturated carbocycles. The number of unbranched alkanes of at least 4 members (excludes halogenated alkanes) is 1. The van der Waals surface area contributed by atoms with Gasteiger partial charge in [-0.05, 0) is 98.2 Å². The number of benzene rings is 2. The van der Waals surface area contributed by atoms with Gasteiger partial charge >= 0.3 is 0 Å². The third-order valence-corrected chi connectivity index (χ3v) is 10.9. The lowest BCUT2D eigenvalue weighted by Crippen LogP contribution is -2.59. The third kappa shape index (κ3) is 10.0. The van der Waals surface area contributed by atoms with E-state index < -0.39 is 41.8 Å².